The Labute approximate surface area is 105 Å². The van der Waals surface area contributed by atoms with E-state index >= 15 is 0 Å². The highest BCUT2D eigenvalue weighted by Crippen LogP contribution is 2.03. The number of methoxy groups -OCH3 is 1. The molecule has 0 N–H and O–H groups in total. The summed E-state index contributed by atoms with van der Waals surface area (Å²) < 4.78 is 29.2. The first kappa shape index (κ1) is 16.2. The van der Waals surface area contributed by atoms with Crippen LogP contribution in [0.15, 0.2) is 24.0 Å². The molecule has 0 aromatic carbocycles. The third-order valence-corrected chi connectivity index (χ3v) is 3.67. The molecule has 0 radical (unpaired) electrons. The quantitative estimate of drug-likeness (QED) is 0.497. The Bertz CT molecular complexity index is 358. The van der Waals surface area contributed by atoms with E-state index in [1.807, 2.05) is 32.1 Å². The molecule has 17 heavy (non-hydrogen) atoms. The molecular formula is C12H23NO3S. The SMILES string of the molecule is CC/C=C(\C=C/CCN(CC)S(C)(=O)=O)OC. The maximum atomic E-state index is 11.3. The van der Waals surface area contributed by atoms with Crippen LogP contribution in [-0.4, -0.2) is 39.2 Å². The average molecular weight is 261 g/mol. The number of hydrogen-bond donors (Lipinski definition) is 0. The van der Waals surface area contributed by atoms with Crippen molar-refractivity contribution in [2.75, 3.05) is 26.5 Å². The highest BCUT2D eigenvalue weighted by atomic mass is 32.2. The van der Waals surface area contributed by atoms with Crippen LogP contribution in [0.1, 0.15) is 26.7 Å². The molecule has 0 saturated heterocycles. The lowest BCUT2D eigenvalue weighted by Crippen LogP contribution is -2.30. The lowest BCUT2D eigenvalue weighted by Gasteiger charge is -2.16. The van der Waals surface area contributed by atoms with E-state index in [1.54, 1.807) is 7.11 Å². The predicted octanol–water partition coefficient (Wildman–Crippen LogP) is 2.15. The molecule has 0 aliphatic heterocycles. The van der Waals surface area contributed by atoms with Crippen molar-refractivity contribution in [2.24, 2.45) is 0 Å². The van der Waals surface area contributed by atoms with Gasteiger partial charge in [-0.1, -0.05) is 19.9 Å². The van der Waals surface area contributed by atoms with Crippen molar-refractivity contribution in [2.45, 2.75) is 26.7 Å². The highest BCUT2D eigenvalue weighted by Gasteiger charge is 2.12. The van der Waals surface area contributed by atoms with Gasteiger partial charge in [-0.3, -0.25) is 0 Å². The second-order valence-corrected chi connectivity index (χ2v) is 5.65. The van der Waals surface area contributed by atoms with E-state index in [0.717, 1.165) is 12.2 Å². The van der Waals surface area contributed by atoms with E-state index in [9.17, 15) is 8.42 Å². The van der Waals surface area contributed by atoms with E-state index < -0.39 is 10.0 Å². The number of hydrogen-bond acceptors (Lipinski definition) is 3. The highest BCUT2D eigenvalue weighted by molar-refractivity contribution is 7.88. The lowest BCUT2D eigenvalue weighted by molar-refractivity contribution is 0.305. The summed E-state index contributed by atoms with van der Waals surface area (Å²) in [5, 5.41) is 0. The van der Waals surface area contributed by atoms with Gasteiger partial charge in [-0.15, -0.1) is 0 Å². The Kier molecular flexibility index (Phi) is 7.91. The summed E-state index contributed by atoms with van der Waals surface area (Å²) in [4.78, 5) is 0. The van der Waals surface area contributed by atoms with Crippen LogP contribution in [0.25, 0.3) is 0 Å². The second kappa shape index (κ2) is 8.31. The zero-order chi connectivity index (χ0) is 13.3. The second-order valence-electron chi connectivity index (χ2n) is 3.66. The molecule has 4 nitrogen and oxygen atoms in total. The fourth-order valence-electron chi connectivity index (χ4n) is 1.40. The van der Waals surface area contributed by atoms with Gasteiger partial charge in [-0.2, -0.15) is 0 Å². The van der Waals surface area contributed by atoms with Crippen LogP contribution in [0.2, 0.25) is 0 Å². The van der Waals surface area contributed by atoms with Crippen LogP contribution in [0, 0.1) is 0 Å². The number of ether oxygens (including phenoxy) is 1. The Hall–Kier alpha value is -0.810. The van der Waals surface area contributed by atoms with Crippen molar-refractivity contribution >= 4 is 10.0 Å². The molecule has 0 aromatic rings. The van der Waals surface area contributed by atoms with E-state index in [-0.39, 0.29) is 0 Å². The summed E-state index contributed by atoms with van der Waals surface area (Å²) in [5.41, 5.74) is 0. The van der Waals surface area contributed by atoms with Gasteiger partial charge in [0.2, 0.25) is 10.0 Å². The molecule has 0 atom stereocenters. The average Bonchev–Trinajstić information content (AvgIpc) is 2.25. The summed E-state index contributed by atoms with van der Waals surface area (Å²) in [6, 6.07) is 0. The fraction of sp³-hybridized carbons (Fsp3) is 0.667. The number of allylic oxidation sites excluding steroid dienone is 2. The molecule has 5 heteroatoms. The van der Waals surface area contributed by atoms with E-state index in [1.165, 1.54) is 10.6 Å². The van der Waals surface area contributed by atoms with Crippen LogP contribution in [0.3, 0.4) is 0 Å². The van der Waals surface area contributed by atoms with E-state index in [2.05, 4.69) is 0 Å². The minimum atomic E-state index is -3.08. The van der Waals surface area contributed by atoms with Crippen molar-refractivity contribution in [3.8, 4) is 0 Å². The largest absolute Gasteiger partial charge is 0.497 e. The molecule has 100 valence electrons. The minimum absolute atomic E-state index is 0.509. The van der Waals surface area contributed by atoms with Gasteiger partial charge in [-0.05, 0) is 25.0 Å². The van der Waals surface area contributed by atoms with Gasteiger partial charge in [-0.25, -0.2) is 12.7 Å². The molecule has 0 aliphatic carbocycles. The molecular weight excluding hydrogens is 238 g/mol. The zero-order valence-electron chi connectivity index (χ0n) is 11.1. The van der Waals surface area contributed by atoms with Crippen LogP contribution >= 0.6 is 0 Å². The molecule has 0 heterocycles. The molecule has 0 bridgehead atoms. The van der Waals surface area contributed by atoms with Gasteiger partial charge in [0.1, 0.15) is 5.76 Å². The molecule has 0 fully saturated rings. The summed E-state index contributed by atoms with van der Waals surface area (Å²) in [7, 11) is -1.45. The van der Waals surface area contributed by atoms with Crippen LogP contribution < -0.4 is 0 Å². The third kappa shape index (κ3) is 7.18. The fourth-order valence-corrected chi connectivity index (χ4v) is 2.30. The summed E-state index contributed by atoms with van der Waals surface area (Å²) in [6.45, 7) is 4.89. The first-order valence-electron chi connectivity index (χ1n) is 5.81. The normalized spacial score (nSPS) is 13.6. The van der Waals surface area contributed by atoms with Crippen molar-refractivity contribution in [1.82, 2.24) is 4.31 Å². The van der Waals surface area contributed by atoms with Gasteiger partial charge < -0.3 is 4.74 Å². The van der Waals surface area contributed by atoms with Crippen molar-refractivity contribution in [1.29, 1.82) is 0 Å². The smallest absolute Gasteiger partial charge is 0.211 e. The number of nitrogens with zero attached hydrogens (tertiary/aromatic N) is 1. The molecule has 0 spiro atoms. The third-order valence-electron chi connectivity index (χ3n) is 2.29. The van der Waals surface area contributed by atoms with Crippen molar-refractivity contribution < 1.29 is 13.2 Å². The monoisotopic (exact) mass is 261 g/mol. The van der Waals surface area contributed by atoms with Gasteiger partial charge in [0, 0.05) is 13.1 Å². The van der Waals surface area contributed by atoms with E-state index in [0.29, 0.717) is 19.5 Å². The molecule has 0 amide bonds. The molecule has 0 aromatic heterocycles. The van der Waals surface area contributed by atoms with Gasteiger partial charge >= 0.3 is 0 Å². The first-order chi connectivity index (χ1) is 7.95. The number of rotatable bonds is 8. The Morgan fingerprint density at radius 1 is 1.35 bits per heavy atom. The van der Waals surface area contributed by atoms with Gasteiger partial charge in [0.15, 0.2) is 0 Å². The number of sulfonamides is 1. The van der Waals surface area contributed by atoms with Crippen LogP contribution in [0.4, 0.5) is 0 Å². The standard InChI is InChI=1S/C12H23NO3S/c1-5-9-12(16-3)10-7-8-11-13(6-2)17(4,14)15/h7,9-10H,5-6,8,11H2,1-4H3/b10-7-,12-9+. The lowest BCUT2D eigenvalue weighted by atomic mass is 10.3. The summed E-state index contributed by atoms with van der Waals surface area (Å²) >= 11 is 0. The van der Waals surface area contributed by atoms with Gasteiger partial charge in [0.05, 0.1) is 13.4 Å². The maximum Gasteiger partial charge on any atom is 0.211 e. The topological polar surface area (TPSA) is 46.6 Å². The van der Waals surface area contributed by atoms with Gasteiger partial charge in [0.25, 0.3) is 0 Å². The Morgan fingerprint density at radius 3 is 2.41 bits per heavy atom. The molecule has 0 rings (SSSR count). The summed E-state index contributed by atoms with van der Waals surface area (Å²) in [5.74, 6) is 0.815. The minimum Gasteiger partial charge on any atom is -0.497 e. The molecule has 0 saturated carbocycles. The van der Waals surface area contributed by atoms with Crippen molar-refractivity contribution in [3.05, 3.63) is 24.0 Å². The zero-order valence-corrected chi connectivity index (χ0v) is 12.0. The molecule has 0 aliphatic rings. The predicted molar refractivity (Wildman–Crippen MR) is 71.2 cm³/mol. The first-order valence-corrected chi connectivity index (χ1v) is 7.66. The van der Waals surface area contributed by atoms with Crippen molar-refractivity contribution in [3.63, 3.8) is 0 Å². The van der Waals surface area contributed by atoms with E-state index in [4.69, 9.17) is 4.74 Å². The maximum absolute atomic E-state index is 11.3. The summed E-state index contributed by atoms with van der Waals surface area (Å²) in [6.07, 6.45) is 8.62. The Balaban J connectivity index is 4.22. The van der Waals surface area contributed by atoms with Crippen LogP contribution in [0.5, 0.6) is 0 Å². The molecule has 0 unspecified atom stereocenters. The Morgan fingerprint density at radius 2 is 2.00 bits per heavy atom. The van der Waals surface area contributed by atoms with Crippen LogP contribution in [-0.2, 0) is 14.8 Å².